The maximum atomic E-state index is 11.0. The number of allylic oxidation sites excluding steroid dienone is 2. The lowest BCUT2D eigenvalue weighted by Gasteiger charge is -2.14. The zero-order chi connectivity index (χ0) is 9.26. The van der Waals surface area contributed by atoms with Crippen LogP contribution in [-0.4, -0.2) is 11.8 Å². The molecule has 72 valence electrons. The highest BCUT2D eigenvalue weighted by molar-refractivity contribution is 5.92. The molecule has 0 aliphatic heterocycles. The molecule has 2 aliphatic carbocycles. The fraction of sp³-hybridized carbons (Fsp3) is 0.727. The van der Waals surface area contributed by atoms with Crippen molar-refractivity contribution in [3.8, 4) is 0 Å². The second kappa shape index (κ2) is 3.52. The van der Waals surface area contributed by atoms with Crippen molar-refractivity contribution in [3.63, 3.8) is 0 Å². The first kappa shape index (κ1) is 8.79. The average Bonchev–Trinajstić information content (AvgIpc) is 2.76. The molecule has 1 atom stereocenters. The minimum Gasteiger partial charge on any atom is -0.386 e. The summed E-state index contributed by atoms with van der Waals surface area (Å²) >= 11 is 0. The highest BCUT2D eigenvalue weighted by atomic mass is 16.1. The Labute approximate surface area is 79.4 Å². The van der Waals surface area contributed by atoms with Gasteiger partial charge in [-0.25, -0.2) is 0 Å². The van der Waals surface area contributed by atoms with Crippen LogP contribution in [0.25, 0.3) is 0 Å². The van der Waals surface area contributed by atoms with Crippen LogP contribution < -0.4 is 5.32 Å². The first-order valence-electron chi connectivity index (χ1n) is 5.24. The van der Waals surface area contributed by atoms with Crippen LogP contribution in [0.5, 0.6) is 0 Å². The molecule has 0 bridgehead atoms. The third-order valence-corrected chi connectivity index (χ3v) is 2.79. The highest BCUT2D eigenvalue weighted by Crippen LogP contribution is 2.33. The van der Waals surface area contributed by atoms with Crippen molar-refractivity contribution in [2.24, 2.45) is 5.92 Å². The summed E-state index contributed by atoms with van der Waals surface area (Å²) in [4.78, 5) is 11.0. The standard InChI is InChI=1S/C11H17NO/c1-8(6-9-2-3-9)12-10-4-5-11(13)7-10/h7-9,12H,2-6H2,1H3. The van der Waals surface area contributed by atoms with E-state index in [1.807, 2.05) is 0 Å². The van der Waals surface area contributed by atoms with Gasteiger partial charge in [-0.05, 0) is 25.7 Å². The van der Waals surface area contributed by atoms with E-state index in [0.29, 0.717) is 12.5 Å². The molecule has 0 radical (unpaired) electrons. The molecule has 1 N–H and O–H groups in total. The summed E-state index contributed by atoms with van der Waals surface area (Å²) < 4.78 is 0. The van der Waals surface area contributed by atoms with Crippen molar-refractivity contribution >= 4 is 5.78 Å². The quantitative estimate of drug-likeness (QED) is 0.715. The highest BCUT2D eigenvalue weighted by Gasteiger charge is 2.24. The number of carbonyl (C=O) groups excluding carboxylic acids is 1. The van der Waals surface area contributed by atoms with Crippen LogP contribution in [-0.2, 0) is 4.79 Å². The molecule has 0 spiro atoms. The Balaban J connectivity index is 1.76. The van der Waals surface area contributed by atoms with Gasteiger partial charge in [-0.15, -0.1) is 0 Å². The SMILES string of the molecule is CC(CC1CC1)NC1=CC(=O)CC1. The fourth-order valence-corrected chi connectivity index (χ4v) is 1.94. The van der Waals surface area contributed by atoms with Gasteiger partial charge in [0, 0.05) is 24.2 Å². The van der Waals surface area contributed by atoms with Crippen molar-refractivity contribution in [2.75, 3.05) is 0 Å². The Hall–Kier alpha value is -0.790. The largest absolute Gasteiger partial charge is 0.386 e. The number of nitrogens with one attached hydrogen (secondary N) is 1. The minimum absolute atomic E-state index is 0.279. The van der Waals surface area contributed by atoms with E-state index in [2.05, 4.69) is 12.2 Å². The Morgan fingerprint density at radius 2 is 2.31 bits per heavy atom. The lowest BCUT2D eigenvalue weighted by atomic mass is 10.1. The van der Waals surface area contributed by atoms with Gasteiger partial charge in [0.25, 0.3) is 0 Å². The molecule has 0 aromatic carbocycles. The van der Waals surface area contributed by atoms with Crippen LogP contribution in [0, 0.1) is 5.92 Å². The molecule has 2 nitrogen and oxygen atoms in total. The van der Waals surface area contributed by atoms with Crippen LogP contribution in [0.3, 0.4) is 0 Å². The molecule has 0 saturated heterocycles. The number of hydrogen-bond donors (Lipinski definition) is 1. The zero-order valence-corrected chi connectivity index (χ0v) is 8.18. The van der Waals surface area contributed by atoms with Crippen molar-refractivity contribution in [2.45, 2.75) is 45.1 Å². The molecule has 2 heteroatoms. The van der Waals surface area contributed by atoms with Gasteiger partial charge in [0.2, 0.25) is 0 Å². The van der Waals surface area contributed by atoms with Crippen LogP contribution in [0.4, 0.5) is 0 Å². The molecule has 0 aromatic rings. The van der Waals surface area contributed by atoms with E-state index in [1.165, 1.54) is 19.3 Å². The summed E-state index contributed by atoms with van der Waals surface area (Å²) in [6.45, 7) is 2.21. The van der Waals surface area contributed by atoms with Crippen LogP contribution in [0.2, 0.25) is 0 Å². The first-order valence-corrected chi connectivity index (χ1v) is 5.24. The smallest absolute Gasteiger partial charge is 0.157 e. The summed E-state index contributed by atoms with van der Waals surface area (Å²) in [6, 6.07) is 0.546. The van der Waals surface area contributed by atoms with Gasteiger partial charge in [-0.1, -0.05) is 12.8 Å². The molecule has 1 unspecified atom stereocenters. The van der Waals surface area contributed by atoms with Crippen molar-refractivity contribution < 1.29 is 4.79 Å². The van der Waals surface area contributed by atoms with Crippen LogP contribution >= 0.6 is 0 Å². The molecule has 13 heavy (non-hydrogen) atoms. The van der Waals surface area contributed by atoms with E-state index in [0.717, 1.165) is 18.0 Å². The van der Waals surface area contributed by atoms with Gasteiger partial charge in [-0.3, -0.25) is 4.79 Å². The number of carbonyl (C=O) groups is 1. The third kappa shape index (κ3) is 2.58. The summed E-state index contributed by atoms with van der Waals surface area (Å²) in [5.41, 5.74) is 1.15. The Kier molecular flexibility index (Phi) is 2.38. The topological polar surface area (TPSA) is 29.1 Å². The summed E-state index contributed by atoms with van der Waals surface area (Å²) in [7, 11) is 0. The van der Waals surface area contributed by atoms with Gasteiger partial charge in [0.1, 0.15) is 0 Å². The normalized spacial score (nSPS) is 24.4. The molecule has 1 saturated carbocycles. The van der Waals surface area contributed by atoms with Crippen LogP contribution in [0.1, 0.15) is 39.0 Å². The second-order valence-electron chi connectivity index (χ2n) is 4.36. The Morgan fingerprint density at radius 3 is 2.85 bits per heavy atom. The summed E-state index contributed by atoms with van der Waals surface area (Å²) in [5.74, 6) is 1.24. The molecular weight excluding hydrogens is 162 g/mol. The first-order chi connectivity index (χ1) is 6.24. The molecule has 1 fully saturated rings. The number of hydrogen-bond acceptors (Lipinski definition) is 2. The van der Waals surface area contributed by atoms with Crippen molar-refractivity contribution in [1.82, 2.24) is 5.32 Å². The number of ketones is 1. The zero-order valence-electron chi connectivity index (χ0n) is 8.18. The summed E-state index contributed by atoms with van der Waals surface area (Å²) in [6.07, 6.45) is 7.48. The van der Waals surface area contributed by atoms with E-state index in [4.69, 9.17) is 0 Å². The van der Waals surface area contributed by atoms with Gasteiger partial charge in [-0.2, -0.15) is 0 Å². The summed E-state index contributed by atoms with van der Waals surface area (Å²) in [5, 5.41) is 3.42. The molecular formula is C11H17NO. The predicted octanol–water partition coefficient (Wildman–Crippen LogP) is 2.01. The Morgan fingerprint density at radius 1 is 1.54 bits per heavy atom. The minimum atomic E-state index is 0.279. The fourth-order valence-electron chi connectivity index (χ4n) is 1.94. The van der Waals surface area contributed by atoms with E-state index < -0.39 is 0 Å². The van der Waals surface area contributed by atoms with Crippen LogP contribution in [0.15, 0.2) is 11.8 Å². The lowest BCUT2D eigenvalue weighted by molar-refractivity contribution is -0.114. The second-order valence-corrected chi connectivity index (χ2v) is 4.36. The molecule has 0 heterocycles. The van der Waals surface area contributed by atoms with Crippen molar-refractivity contribution in [3.05, 3.63) is 11.8 Å². The average molecular weight is 179 g/mol. The van der Waals surface area contributed by atoms with Crippen molar-refractivity contribution in [1.29, 1.82) is 0 Å². The van der Waals surface area contributed by atoms with E-state index in [1.54, 1.807) is 6.08 Å². The maximum Gasteiger partial charge on any atom is 0.157 e. The third-order valence-electron chi connectivity index (χ3n) is 2.79. The predicted molar refractivity (Wildman–Crippen MR) is 52.3 cm³/mol. The van der Waals surface area contributed by atoms with Gasteiger partial charge >= 0.3 is 0 Å². The van der Waals surface area contributed by atoms with E-state index >= 15 is 0 Å². The van der Waals surface area contributed by atoms with Gasteiger partial charge in [0.05, 0.1) is 0 Å². The van der Waals surface area contributed by atoms with E-state index in [-0.39, 0.29) is 5.78 Å². The molecule has 2 aliphatic rings. The molecule has 2 rings (SSSR count). The van der Waals surface area contributed by atoms with Gasteiger partial charge < -0.3 is 5.32 Å². The van der Waals surface area contributed by atoms with Gasteiger partial charge in [0.15, 0.2) is 5.78 Å². The molecule has 0 aromatic heterocycles. The lowest BCUT2D eigenvalue weighted by Crippen LogP contribution is -2.25. The molecule has 0 amide bonds. The monoisotopic (exact) mass is 179 g/mol. The van der Waals surface area contributed by atoms with E-state index in [9.17, 15) is 4.79 Å². The Bertz CT molecular complexity index is 240. The maximum absolute atomic E-state index is 11.0. The number of rotatable bonds is 4.